The van der Waals surface area contributed by atoms with Crippen LogP contribution in [0.15, 0.2) is 71.7 Å². The Morgan fingerprint density at radius 2 is 1.63 bits per heavy atom. The van der Waals surface area contributed by atoms with Crippen molar-refractivity contribution < 1.29 is 19.4 Å². The van der Waals surface area contributed by atoms with Crippen molar-refractivity contribution in [2.24, 2.45) is 4.99 Å². The molecule has 0 bridgehead atoms. The molecule has 0 aliphatic heterocycles. The molecule has 38 heavy (non-hydrogen) atoms. The van der Waals surface area contributed by atoms with Crippen LogP contribution in [0, 0.1) is 0 Å². The molecule has 4 rings (SSSR count). The molecule has 0 aliphatic rings. The van der Waals surface area contributed by atoms with Gasteiger partial charge in [-0.25, -0.2) is 4.99 Å². The van der Waals surface area contributed by atoms with Gasteiger partial charge in [0.05, 0.1) is 42.2 Å². The number of nitrogens with one attached hydrogen (secondary N) is 2. The molecule has 1 amide bonds. The molecule has 0 saturated heterocycles. The minimum absolute atomic E-state index is 0.00377. The molecule has 0 radical (unpaired) electrons. The van der Waals surface area contributed by atoms with Gasteiger partial charge in [0.25, 0.3) is 0 Å². The van der Waals surface area contributed by atoms with E-state index in [0.717, 1.165) is 23.2 Å². The highest BCUT2D eigenvalue weighted by molar-refractivity contribution is 6.22. The zero-order chi connectivity index (χ0) is 27.1. The Labute approximate surface area is 222 Å². The predicted octanol–water partition coefficient (Wildman–Crippen LogP) is 5.41. The van der Waals surface area contributed by atoms with E-state index in [0.29, 0.717) is 47.2 Å². The average Bonchev–Trinajstić information content (AvgIpc) is 3.25. The molecule has 8 nitrogen and oxygen atoms in total. The highest BCUT2D eigenvalue weighted by atomic mass is 16.5. The first-order valence-corrected chi connectivity index (χ1v) is 12.8. The van der Waals surface area contributed by atoms with Gasteiger partial charge in [-0.3, -0.25) is 4.79 Å². The van der Waals surface area contributed by atoms with Crippen LogP contribution in [-0.4, -0.2) is 55.1 Å². The minimum atomic E-state index is -0.0201. The fourth-order valence-corrected chi connectivity index (χ4v) is 4.20. The predicted molar refractivity (Wildman–Crippen MR) is 152 cm³/mol. The topological polar surface area (TPSA) is 99.2 Å². The zero-order valence-corrected chi connectivity index (χ0v) is 22.2. The van der Waals surface area contributed by atoms with Gasteiger partial charge in [-0.1, -0.05) is 37.3 Å². The van der Waals surface area contributed by atoms with Crippen LogP contribution < -0.4 is 19.7 Å². The van der Waals surface area contributed by atoms with Gasteiger partial charge in [-0.2, -0.15) is 0 Å². The molecule has 0 unspecified atom stereocenters. The SMILES string of the molecule is CCNCC(=O)N(C)c1ccc(N=C(c2ccccc2)c2c(O)[nH]c3cc(OCC)c(OCC)cc23)cc1. The van der Waals surface area contributed by atoms with Crippen molar-refractivity contribution in [1.82, 2.24) is 10.3 Å². The fraction of sp³-hybridized carbons (Fsp3) is 0.267. The number of H-pyrrole nitrogens is 1. The van der Waals surface area contributed by atoms with Crippen LogP contribution in [0.3, 0.4) is 0 Å². The third-order valence-electron chi connectivity index (χ3n) is 6.11. The number of rotatable bonds is 11. The van der Waals surface area contributed by atoms with Crippen molar-refractivity contribution in [2.45, 2.75) is 20.8 Å². The number of carbonyl (C=O) groups is 1. The van der Waals surface area contributed by atoms with Gasteiger partial charge >= 0.3 is 0 Å². The summed E-state index contributed by atoms with van der Waals surface area (Å²) < 4.78 is 11.6. The highest BCUT2D eigenvalue weighted by Gasteiger charge is 2.21. The van der Waals surface area contributed by atoms with Gasteiger partial charge in [-0.05, 0) is 50.7 Å². The van der Waals surface area contributed by atoms with Crippen molar-refractivity contribution in [2.75, 3.05) is 38.3 Å². The van der Waals surface area contributed by atoms with Gasteiger partial charge in [-0.15, -0.1) is 0 Å². The van der Waals surface area contributed by atoms with Crippen molar-refractivity contribution in [3.63, 3.8) is 0 Å². The Bertz CT molecular complexity index is 1410. The summed E-state index contributed by atoms with van der Waals surface area (Å²) >= 11 is 0. The second kappa shape index (κ2) is 12.3. The summed E-state index contributed by atoms with van der Waals surface area (Å²) in [7, 11) is 1.75. The number of aromatic nitrogens is 1. The number of anilines is 1. The molecule has 0 atom stereocenters. The number of likely N-dealkylation sites (N-methyl/N-ethyl adjacent to an activating group) is 2. The van der Waals surface area contributed by atoms with E-state index in [4.69, 9.17) is 14.5 Å². The van der Waals surface area contributed by atoms with Gasteiger partial charge in [0, 0.05) is 29.8 Å². The van der Waals surface area contributed by atoms with Gasteiger partial charge in [0.15, 0.2) is 17.4 Å². The summed E-state index contributed by atoms with van der Waals surface area (Å²) in [5, 5.41) is 14.9. The Kier molecular flexibility index (Phi) is 8.66. The van der Waals surface area contributed by atoms with Crippen LogP contribution in [0.4, 0.5) is 11.4 Å². The number of aromatic hydroxyl groups is 1. The molecule has 0 fully saturated rings. The second-order valence-electron chi connectivity index (χ2n) is 8.64. The summed E-state index contributed by atoms with van der Waals surface area (Å²) in [6.07, 6.45) is 0. The molecule has 0 saturated carbocycles. The first-order valence-electron chi connectivity index (χ1n) is 12.8. The lowest BCUT2D eigenvalue weighted by molar-refractivity contribution is -0.117. The van der Waals surface area contributed by atoms with E-state index in [-0.39, 0.29) is 18.3 Å². The van der Waals surface area contributed by atoms with Crippen molar-refractivity contribution in [3.8, 4) is 17.4 Å². The number of fused-ring (bicyclic) bond motifs is 1. The van der Waals surface area contributed by atoms with E-state index in [1.54, 1.807) is 11.9 Å². The zero-order valence-electron chi connectivity index (χ0n) is 22.2. The Hall–Kier alpha value is -4.30. The number of ether oxygens (including phenoxy) is 2. The Morgan fingerprint density at radius 3 is 2.26 bits per heavy atom. The van der Waals surface area contributed by atoms with E-state index in [2.05, 4.69) is 10.3 Å². The van der Waals surface area contributed by atoms with Crippen LogP contribution >= 0.6 is 0 Å². The molecular weight excluding hydrogens is 480 g/mol. The van der Waals surface area contributed by atoms with Gasteiger partial charge < -0.3 is 29.8 Å². The molecular formula is C30H34N4O4. The largest absolute Gasteiger partial charge is 0.494 e. The Balaban J connectivity index is 1.80. The molecule has 198 valence electrons. The number of hydrogen-bond acceptors (Lipinski definition) is 6. The normalized spacial score (nSPS) is 11.5. The maximum absolute atomic E-state index is 12.4. The number of aromatic amines is 1. The van der Waals surface area contributed by atoms with E-state index >= 15 is 0 Å². The average molecular weight is 515 g/mol. The van der Waals surface area contributed by atoms with Crippen molar-refractivity contribution >= 4 is 33.9 Å². The van der Waals surface area contributed by atoms with Gasteiger partial charge in [0.2, 0.25) is 5.91 Å². The third kappa shape index (κ3) is 5.81. The summed E-state index contributed by atoms with van der Waals surface area (Å²) in [4.78, 5) is 22.0. The summed E-state index contributed by atoms with van der Waals surface area (Å²) in [5.74, 6) is 1.19. The van der Waals surface area contributed by atoms with Crippen LogP contribution in [0.5, 0.6) is 17.4 Å². The minimum Gasteiger partial charge on any atom is -0.494 e. The van der Waals surface area contributed by atoms with E-state index < -0.39 is 0 Å². The smallest absolute Gasteiger partial charge is 0.240 e. The van der Waals surface area contributed by atoms with E-state index in [1.165, 1.54) is 0 Å². The first kappa shape index (κ1) is 26.8. The third-order valence-corrected chi connectivity index (χ3v) is 6.11. The summed E-state index contributed by atoms with van der Waals surface area (Å²) in [5.41, 5.74) is 4.18. The van der Waals surface area contributed by atoms with E-state index in [9.17, 15) is 9.90 Å². The van der Waals surface area contributed by atoms with Crippen molar-refractivity contribution in [3.05, 3.63) is 77.9 Å². The number of amides is 1. The van der Waals surface area contributed by atoms with Crippen LogP contribution in [0.1, 0.15) is 31.9 Å². The van der Waals surface area contributed by atoms with Crippen LogP contribution in [0.25, 0.3) is 10.9 Å². The summed E-state index contributed by atoms with van der Waals surface area (Å²) in [6, 6.07) is 20.9. The number of hydrogen-bond donors (Lipinski definition) is 3. The number of aliphatic imine (C=N–C) groups is 1. The molecule has 4 aromatic rings. The molecule has 0 spiro atoms. The number of nitrogens with zero attached hydrogens (tertiary/aromatic N) is 2. The lowest BCUT2D eigenvalue weighted by Gasteiger charge is -2.17. The fourth-order valence-electron chi connectivity index (χ4n) is 4.20. The Morgan fingerprint density at radius 1 is 0.974 bits per heavy atom. The highest BCUT2D eigenvalue weighted by Crippen LogP contribution is 2.38. The maximum Gasteiger partial charge on any atom is 0.240 e. The maximum atomic E-state index is 12.4. The lowest BCUT2D eigenvalue weighted by atomic mass is 10.0. The molecule has 1 heterocycles. The number of benzene rings is 3. The van der Waals surface area contributed by atoms with E-state index in [1.807, 2.05) is 87.5 Å². The summed E-state index contributed by atoms with van der Waals surface area (Å²) in [6.45, 7) is 7.78. The van der Waals surface area contributed by atoms with Crippen LogP contribution in [-0.2, 0) is 4.79 Å². The monoisotopic (exact) mass is 514 g/mol. The molecule has 8 heteroatoms. The molecule has 0 aliphatic carbocycles. The molecule has 3 N–H and O–H groups in total. The second-order valence-corrected chi connectivity index (χ2v) is 8.64. The van der Waals surface area contributed by atoms with Gasteiger partial charge in [0.1, 0.15) is 0 Å². The quantitative estimate of drug-likeness (QED) is 0.232. The molecule has 1 aromatic heterocycles. The van der Waals surface area contributed by atoms with Crippen LogP contribution in [0.2, 0.25) is 0 Å². The standard InChI is InChI=1S/C30H34N4O4/c1-5-31-19-27(35)34(4)22-15-13-21(14-16-22)32-29(20-11-9-8-10-12-20)28-23-17-25(37-6-2)26(38-7-3)18-24(23)33-30(28)36/h8-18,31,33,36H,5-7,19H2,1-4H3. The first-order chi connectivity index (χ1) is 18.5. The lowest BCUT2D eigenvalue weighted by Crippen LogP contribution is -2.35. The van der Waals surface area contributed by atoms with Crippen molar-refractivity contribution in [1.29, 1.82) is 0 Å². The molecule has 3 aromatic carbocycles. The number of carbonyl (C=O) groups excluding carboxylic acids is 1.